The van der Waals surface area contributed by atoms with Crippen LogP contribution in [0.2, 0.25) is 0 Å². The molecule has 2 amide bonds. The van der Waals surface area contributed by atoms with Crippen molar-refractivity contribution in [2.24, 2.45) is 0 Å². The van der Waals surface area contributed by atoms with Crippen LogP contribution in [0.4, 0.5) is 5.69 Å². The van der Waals surface area contributed by atoms with Gasteiger partial charge in [0.05, 0.1) is 7.11 Å². The van der Waals surface area contributed by atoms with Crippen LogP contribution in [0.1, 0.15) is 29.8 Å². The standard InChI is InChI=1S/C23H29N3O3.ClH/c1-4-26(5-2)16-15-24-23(28)19-10-12-20(13-11-19)25-22(27)14-9-18-7-6-8-21(17-18)29-3;/h6-14,17H,4-5,15-16H2,1-3H3,(H,24,28)(H,25,27);1H/b14-9+;. The first-order valence-corrected chi connectivity index (χ1v) is 9.79. The van der Waals surface area contributed by atoms with E-state index in [1.54, 1.807) is 37.5 Å². The molecule has 30 heavy (non-hydrogen) atoms. The van der Waals surface area contributed by atoms with Gasteiger partial charge < -0.3 is 20.3 Å². The van der Waals surface area contributed by atoms with Crippen molar-refractivity contribution in [1.82, 2.24) is 10.2 Å². The number of methoxy groups -OCH3 is 1. The summed E-state index contributed by atoms with van der Waals surface area (Å²) < 4.78 is 5.17. The first-order valence-electron chi connectivity index (χ1n) is 9.79. The summed E-state index contributed by atoms with van der Waals surface area (Å²) in [6.45, 7) is 7.56. The number of hydrogen-bond acceptors (Lipinski definition) is 4. The number of nitrogens with zero attached hydrogens (tertiary/aromatic N) is 1. The minimum Gasteiger partial charge on any atom is -0.497 e. The van der Waals surface area contributed by atoms with Crippen molar-refractivity contribution in [2.45, 2.75) is 13.8 Å². The second-order valence-electron chi connectivity index (χ2n) is 6.46. The third kappa shape index (κ3) is 8.27. The molecule has 0 atom stereocenters. The lowest BCUT2D eigenvalue weighted by Crippen LogP contribution is -2.34. The van der Waals surface area contributed by atoms with E-state index >= 15 is 0 Å². The van der Waals surface area contributed by atoms with Crippen LogP contribution in [0.15, 0.2) is 54.6 Å². The summed E-state index contributed by atoms with van der Waals surface area (Å²) in [5, 5.41) is 5.70. The second kappa shape index (κ2) is 13.4. The van der Waals surface area contributed by atoms with Crippen LogP contribution >= 0.6 is 12.4 Å². The van der Waals surface area contributed by atoms with Crippen LogP contribution in [-0.4, -0.2) is 50.0 Å². The lowest BCUT2D eigenvalue weighted by atomic mass is 10.2. The van der Waals surface area contributed by atoms with Crippen LogP contribution in [0, 0.1) is 0 Å². The van der Waals surface area contributed by atoms with Gasteiger partial charge in [0.1, 0.15) is 5.75 Å². The molecule has 0 unspecified atom stereocenters. The van der Waals surface area contributed by atoms with Gasteiger partial charge in [0, 0.05) is 30.4 Å². The number of likely N-dealkylation sites (N-methyl/N-ethyl adjacent to an activating group) is 1. The van der Waals surface area contributed by atoms with Crippen LogP contribution in [0.3, 0.4) is 0 Å². The third-order valence-electron chi connectivity index (χ3n) is 4.54. The number of amides is 2. The maximum absolute atomic E-state index is 12.2. The highest BCUT2D eigenvalue weighted by Crippen LogP contribution is 2.14. The van der Waals surface area contributed by atoms with Crippen molar-refractivity contribution < 1.29 is 14.3 Å². The molecule has 162 valence electrons. The third-order valence-corrected chi connectivity index (χ3v) is 4.54. The Morgan fingerprint density at radius 3 is 2.40 bits per heavy atom. The number of hydrogen-bond donors (Lipinski definition) is 2. The zero-order chi connectivity index (χ0) is 21.1. The summed E-state index contributed by atoms with van der Waals surface area (Å²) in [4.78, 5) is 26.6. The Morgan fingerprint density at radius 1 is 1.07 bits per heavy atom. The number of nitrogens with one attached hydrogen (secondary N) is 2. The van der Waals surface area contributed by atoms with E-state index in [2.05, 4.69) is 29.4 Å². The molecule has 0 aliphatic rings. The summed E-state index contributed by atoms with van der Waals surface area (Å²) in [6.07, 6.45) is 3.18. The predicted octanol–water partition coefficient (Wildman–Crippen LogP) is 3.84. The molecule has 0 aliphatic carbocycles. The molecule has 0 bridgehead atoms. The van der Waals surface area contributed by atoms with Gasteiger partial charge in [-0.3, -0.25) is 9.59 Å². The van der Waals surface area contributed by atoms with Crippen LogP contribution in [0.5, 0.6) is 5.75 Å². The van der Waals surface area contributed by atoms with Crippen molar-refractivity contribution >= 4 is 36.0 Å². The second-order valence-corrected chi connectivity index (χ2v) is 6.46. The largest absolute Gasteiger partial charge is 0.497 e. The Bertz CT molecular complexity index is 834. The summed E-state index contributed by atoms with van der Waals surface area (Å²) >= 11 is 0. The average Bonchev–Trinajstić information content (AvgIpc) is 2.76. The Hall–Kier alpha value is -2.83. The highest BCUT2D eigenvalue weighted by molar-refractivity contribution is 6.02. The quantitative estimate of drug-likeness (QED) is 0.561. The van der Waals surface area contributed by atoms with Crippen LogP contribution in [0.25, 0.3) is 6.08 Å². The number of halogens is 1. The van der Waals surface area contributed by atoms with Gasteiger partial charge >= 0.3 is 0 Å². The molecule has 0 saturated carbocycles. The molecule has 0 fully saturated rings. The topological polar surface area (TPSA) is 70.7 Å². The van der Waals surface area contributed by atoms with Gasteiger partial charge in [-0.2, -0.15) is 0 Å². The van der Waals surface area contributed by atoms with Crippen molar-refractivity contribution in [3.63, 3.8) is 0 Å². The highest BCUT2D eigenvalue weighted by atomic mass is 35.5. The Balaban J connectivity index is 0.00000450. The number of anilines is 1. The smallest absolute Gasteiger partial charge is 0.251 e. The van der Waals surface area contributed by atoms with Crippen LogP contribution < -0.4 is 15.4 Å². The maximum atomic E-state index is 12.2. The zero-order valence-electron chi connectivity index (χ0n) is 17.7. The molecule has 0 aromatic heterocycles. The first-order chi connectivity index (χ1) is 14.0. The van der Waals surface area contributed by atoms with E-state index in [0.717, 1.165) is 30.9 Å². The number of ether oxygens (including phenoxy) is 1. The summed E-state index contributed by atoms with van der Waals surface area (Å²) in [7, 11) is 1.60. The van der Waals surface area contributed by atoms with E-state index in [1.807, 2.05) is 24.3 Å². The maximum Gasteiger partial charge on any atom is 0.251 e. The Labute approximate surface area is 184 Å². The van der Waals surface area contributed by atoms with E-state index in [0.29, 0.717) is 17.8 Å². The summed E-state index contributed by atoms with van der Waals surface area (Å²) in [6, 6.07) is 14.3. The fourth-order valence-electron chi connectivity index (χ4n) is 2.78. The van der Waals surface area contributed by atoms with Crippen molar-refractivity contribution in [3.8, 4) is 5.75 Å². The van der Waals surface area contributed by atoms with Crippen molar-refractivity contribution in [2.75, 3.05) is 38.6 Å². The Kier molecular flexibility index (Phi) is 11.3. The molecule has 2 N–H and O–H groups in total. The number of carbonyl (C=O) groups excluding carboxylic acids is 2. The SMILES string of the molecule is CCN(CC)CCNC(=O)c1ccc(NC(=O)/C=C/c2cccc(OC)c2)cc1.Cl. The van der Waals surface area contributed by atoms with Gasteiger partial charge in [-0.1, -0.05) is 26.0 Å². The van der Waals surface area contributed by atoms with Gasteiger partial charge in [-0.15, -0.1) is 12.4 Å². The molecule has 0 radical (unpaired) electrons. The summed E-state index contributed by atoms with van der Waals surface area (Å²) in [5.74, 6) is 0.371. The molecule has 2 aromatic rings. The van der Waals surface area contributed by atoms with E-state index < -0.39 is 0 Å². The van der Waals surface area contributed by atoms with Crippen LogP contribution in [-0.2, 0) is 4.79 Å². The van der Waals surface area contributed by atoms with E-state index in [1.165, 1.54) is 6.08 Å². The first kappa shape index (κ1) is 25.2. The molecule has 2 aromatic carbocycles. The molecule has 7 heteroatoms. The highest BCUT2D eigenvalue weighted by Gasteiger charge is 2.06. The molecule has 0 saturated heterocycles. The Morgan fingerprint density at radius 2 is 1.77 bits per heavy atom. The van der Waals surface area contributed by atoms with Crippen molar-refractivity contribution in [1.29, 1.82) is 0 Å². The number of rotatable bonds is 10. The normalized spacial score (nSPS) is 10.5. The van der Waals surface area contributed by atoms with Gasteiger partial charge in [0.2, 0.25) is 5.91 Å². The molecule has 0 aliphatic heterocycles. The average molecular weight is 432 g/mol. The number of carbonyl (C=O) groups is 2. The van der Waals surface area contributed by atoms with Gasteiger partial charge in [0.15, 0.2) is 0 Å². The zero-order valence-corrected chi connectivity index (χ0v) is 18.5. The van der Waals surface area contributed by atoms with E-state index in [4.69, 9.17) is 4.74 Å². The minimum atomic E-state index is -0.246. The monoisotopic (exact) mass is 431 g/mol. The molecule has 0 heterocycles. The molecule has 2 rings (SSSR count). The molecular weight excluding hydrogens is 402 g/mol. The minimum absolute atomic E-state index is 0. The van der Waals surface area contributed by atoms with E-state index in [9.17, 15) is 9.59 Å². The van der Waals surface area contributed by atoms with Gasteiger partial charge in [-0.25, -0.2) is 0 Å². The van der Waals surface area contributed by atoms with E-state index in [-0.39, 0.29) is 24.2 Å². The predicted molar refractivity (Wildman–Crippen MR) is 124 cm³/mol. The number of benzene rings is 2. The van der Waals surface area contributed by atoms with Gasteiger partial charge in [-0.05, 0) is 61.1 Å². The van der Waals surface area contributed by atoms with Crippen molar-refractivity contribution in [3.05, 3.63) is 65.7 Å². The fraction of sp³-hybridized carbons (Fsp3) is 0.304. The fourth-order valence-corrected chi connectivity index (χ4v) is 2.78. The molecule has 0 spiro atoms. The molecule has 6 nitrogen and oxygen atoms in total. The van der Waals surface area contributed by atoms with Gasteiger partial charge in [0.25, 0.3) is 5.91 Å². The lowest BCUT2D eigenvalue weighted by molar-refractivity contribution is -0.111. The molecular formula is C23H30ClN3O3. The summed E-state index contributed by atoms with van der Waals surface area (Å²) in [5.41, 5.74) is 2.07. The lowest BCUT2D eigenvalue weighted by Gasteiger charge is -2.17.